The molecule has 5 heteroatoms. The first-order valence-corrected chi connectivity index (χ1v) is 4.99. The molecule has 0 spiro atoms. The first kappa shape index (κ1) is 10.2. The molecule has 0 unspecified atom stereocenters. The Kier molecular flexibility index (Phi) is 3.46. The van der Waals surface area contributed by atoms with E-state index in [0.717, 1.165) is 21.1 Å². The zero-order chi connectivity index (χ0) is 9.84. The van der Waals surface area contributed by atoms with Gasteiger partial charge in [-0.3, -0.25) is 0 Å². The number of methoxy groups -OCH3 is 1. The van der Waals surface area contributed by atoms with Gasteiger partial charge in [-0.1, -0.05) is 0 Å². The van der Waals surface area contributed by atoms with Crippen molar-refractivity contribution in [3.63, 3.8) is 0 Å². The van der Waals surface area contributed by atoms with Gasteiger partial charge in [-0.2, -0.15) is 5.26 Å². The van der Waals surface area contributed by atoms with Crippen LogP contribution < -0.4 is 10.5 Å². The number of benzene rings is 1. The molecule has 0 atom stereocenters. The largest absolute Gasteiger partial charge is 0.495 e. The van der Waals surface area contributed by atoms with Crippen LogP contribution in [0.5, 0.6) is 5.75 Å². The van der Waals surface area contributed by atoms with Crippen LogP contribution in [0.3, 0.4) is 0 Å². The molecule has 68 valence electrons. The number of nitriles is 1. The van der Waals surface area contributed by atoms with E-state index in [4.69, 9.17) is 15.7 Å². The molecule has 1 rings (SSSR count). The molecule has 0 amide bonds. The molecule has 13 heavy (non-hydrogen) atoms. The molecule has 2 N–H and O–H groups in total. The van der Waals surface area contributed by atoms with E-state index in [1.165, 1.54) is 0 Å². The normalized spacial score (nSPS) is 9.31. The molecular formula is C8H7BrN2OS. The highest BCUT2D eigenvalue weighted by Gasteiger charge is 2.06. The lowest BCUT2D eigenvalue weighted by molar-refractivity contribution is 0.412. The van der Waals surface area contributed by atoms with Gasteiger partial charge in [0.2, 0.25) is 0 Å². The Hall–Kier alpha value is -0.860. The lowest BCUT2D eigenvalue weighted by atomic mass is 10.3. The summed E-state index contributed by atoms with van der Waals surface area (Å²) in [6.45, 7) is 0. The fourth-order valence-corrected chi connectivity index (χ4v) is 1.95. The van der Waals surface area contributed by atoms with E-state index >= 15 is 0 Å². The summed E-state index contributed by atoms with van der Waals surface area (Å²) in [4.78, 5) is 0.732. The molecule has 0 bridgehead atoms. The highest BCUT2D eigenvalue weighted by Crippen LogP contribution is 2.34. The smallest absolute Gasteiger partial charge is 0.138 e. The van der Waals surface area contributed by atoms with Crippen LogP contribution in [0.15, 0.2) is 21.5 Å². The van der Waals surface area contributed by atoms with Gasteiger partial charge in [0.15, 0.2) is 0 Å². The van der Waals surface area contributed by atoms with Crippen molar-refractivity contribution in [3.8, 4) is 11.2 Å². The first-order chi connectivity index (χ1) is 6.19. The van der Waals surface area contributed by atoms with E-state index in [-0.39, 0.29) is 0 Å². The highest BCUT2D eigenvalue weighted by atomic mass is 79.9. The number of anilines is 1. The van der Waals surface area contributed by atoms with Crippen molar-refractivity contribution in [3.05, 3.63) is 16.6 Å². The Morgan fingerprint density at radius 3 is 2.85 bits per heavy atom. The number of hydrogen-bond donors (Lipinski definition) is 1. The molecule has 0 saturated carbocycles. The van der Waals surface area contributed by atoms with Crippen LogP contribution in [-0.4, -0.2) is 7.11 Å². The summed E-state index contributed by atoms with van der Waals surface area (Å²) in [5, 5.41) is 10.4. The predicted molar refractivity (Wildman–Crippen MR) is 56.6 cm³/mol. The summed E-state index contributed by atoms with van der Waals surface area (Å²) in [6.07, 6.45) is 0. The van der Waals surface area contributed by atoms with Gasteiger partial charge in [0.05, 0.1) is 17.3 Å². The SMILES string of the molecule is COc1cc(N)c(SC#N)cc1Br. The van der Waals surface area contributed by atoms with Crippen LogP contribution in [0.4, 0.5) is 5.69 Å². The fraction of sp³-hybridized carbons (Fsp3) is 0.125. The van der Waals surface area contributed by atoms with Crippen LogP contribution in [-0.2, 0) is 0 Å². The number of nitrogens with zero attached hydrogens (tertiary/aromatic N) is 1. The van der Waals surface area contributed by atoms with Gasteiger partial charge >= 0.3 is 0 Å². The molecule has 0 radical (unpaired) electrons. The molecule has 0 aliphatic heterocycles. The van der Waals surface area contributed by atoms with Crippen molar-refractivity contribution in [1.29, 1.82) is 5.26 Å². The van der Waals surface area contributed by atoms with E-state index in [9.17, 15) is 0 Å². The molecule has 1 aromatic rings. The van der Waals surface area contributed by atoms with Crippen LogP contribution >= 0.6 is 27.7 Å². The standard InChI is InChI=1S/C8H7BrN2OS/c1-12-7-3-6(11)8(13-4-10)2-5(7)9/h2-3H,11H2,1H3. The number of nitrogens with two attached hydrogens (primary N) is 1. The van der Waals surface area contributed by atoms with Gasteiger partial charge in [-0.15, -0.1) is 0 Å². The maximum absolute atomic E-state index is 8.47. The van der Waals surface area contributed by atoms with Gasteiger partial charge < -0.3 is 10.5 Å². The van der Waals surface area contributed by atoms with Crippen molar-refractivity contribution in [2.75, 3.05) is 12.8 Å². The van der Waals surface area contributed by atoms with Gasteiger partial charge in [0.25, 0.3) is 0 Å². The Labute approximate surface area is 89.0 Å². The number of halogens is 1. The number of nitrogen functional groups attached to an aromatic ring is 1. The monoisotopic (exact) mass is 258 g/mol. The first-order valence-electron chi connectivity index (χ1n) is 3.38. The third-order valence-electron chi connectivity index (χ3n) is 1.44. The molecule has 0 aromatic heterocycles. The molecule has 0 fully saturated rings. The summed E-state index contributed by atoms with van der Waals surface area (Å²) in [5.74, 6) is 0.666. The minimum Gasteiger partial charge on any atom is -0.495 e. The van der Waals surface area contributed by atoms with E-state index in [0.29, 0.717) is 11.4 Å². The van der Waals surface area contributed by atoms with Gasteiger partial charge in [-0.05, 0) is 33.8 Å². The van der Waals surface area contributed by atoms with Crippen molar-refractivity contribution < 1.29 is 4.74 Å². The Balaban J connectivity index is 3.14. The molecule has 0 heterocycles. The van der Waals surface area contributed by atoms with E-state index in [1.807, 2.05) is 5.40 Å². The van der Waals surface area contributed by atoms with Gasteiger partial charge in [-0.25, -0.2) is 0 Å². The van der Waals surface area contributed by atoms with Crippen LogP contribution in [0.1, 0.15) is 0 Å². The number of thiocyanates is 1. The van der Waals surface area contributed by atoms with Crippen LogP contribution in [0, 0.1) is 10.7 Å². The molecule has 1 aromatic carbocycles. The molecular weight excluding hydrogens is 252 g/mol. The summed E-state index contributed by atoms with van der Waals surface area (Å²) < 4.78 is 5.83. The lowest BCUT2D eigenvalue weighted by Crippen LogP contribution is -1.91. The average molecular weight is 259 g/mol. The maximum Gasteiger partial charge on any atom is 0.138 e. The summed E-state index contributed by atoms with van der Waals surface area (Å²) in [7, 11) is 1.57. The summed E-state index contributed by atoms with van der Waals surface area (Å²) in [5.41, 5.74) is 6.23. The number of thioether (sulfide) groups is 1. The summed E-state index contributed by atoms with van der Waals surface area (Å²) >= 11 is 4.34. The van der Waals surface area contributed by atoms with Crippen molar-refractivity contribution in [2.45, 2.75) is 4.90 Å². The van der Waals surface area contributed by atoms with Crippen molar-refractivity contribution in [2.24, 2.45) is 0 Å². The molecule has 3 nitrogen and oxygen atoms in total. The second kappa shape index (κ2) is 4.40. The van der Waals surface area contributed by atoms with E-state index in [1.54, 1.807) is 19.2 Å². The number of ether oxygens (including phenoxy) is 1. The second-order valence-electron chi connectivity index (χ2n) is 2.22. The van der Waals surface area contributed by atoms with E-state index < -0.39 is 0 Å². The van der Waals surface area contributed by atoms with Crippen LogP contribution in [0.25, 0.3) is 0 Å². The molecule has 0 saturated heterocycles. The third kappa shape index (κ3) is 2.29. The fourth-order valence-electron chi connectivity index (χ4n) is 0.845. The van der Waals surface area contributed by atoms with Crippen molar-refractivity contribution in [1.82, 2.24) is 0 Å². The Morgan fingerprint density at radius 1 is 1.62 bits per heavy atom. The Bertz CT molecular complexity index is 362. The minimum absolute atomic E-state index is 0.548. The van der Waals surface area contributed by atoms with Crippen LogP contribution in [0.2, 0.25) is 0 Å². The zero-order valence-corrected chi connectivity index (χ0v) is 9.28. The summed E-state index contributed by atoms with van der Waals surface area (Å²) in [6, 6.07) is 3.45. The second-order valence-corrected chi connectivity index (χ2v) is 3.90. The zero-order valence-electron chi connectivity index (χ0n) is 6.87. The average Bonchev–Trinajstić information content (AvgIpc) is 2.11. The quantitative estimate of drug-likeness (QED) is 0.504. The maximum atomic E-state index is 8.47. The molecule has 0 aliphatic carbocycles. The van der Waals surface area contributed by atoms with Gasteiger partial charge in [0, 0.05) is 11.0 Å². The third-order valence-corrected chi connectivity index (χ3v) is 2.72. The predicted octanol–water partition coefficient (Wildman–Crippen LogP) is 2.61. The van der Waals surface area contributed by atoms with E-state index in [2.05, 4.69) is 15.9 Å². The lowest BCUT2D eigenvalue weighted by Gasteiger charge is -2.06. The highest BCUT2D eigenvalue weighted by molar-refractivity contribution is 9.10. The van der Waals surface area contributed by atoms with Gasteiger partial charge in [0.1, 0.15) is 11.2 Å². The van der Waals surface area contributed by atoms with Crippen molar-refractivity contribution >= 4 is 33.4 Å². The number of rotatable bonds is 2. The molecule has 0 aliphatic rings. The Morgan fingerprint density at radius 2 is 2.31 bits per heavy atom. The number of hydrogen-bond acceptors (Lipinski definition) is 4. The minimum atomic E-state index is 0.548. The topological polar surface area (TPSA) is 59.0 Å².